The Morgan fingerprint density at radius 2 is 2.12 bits per heavy atom. The number of pyridine rings is 1. The second kappa shape index (κ2) is 7.06. The average molecular weight is 401 g/mol. The van der Waals surface area contributed by atoms with Crippen LogP contribution in [0.1, 0.15) is 32.8 Å². The van der Waals surface area contributed by atoms with Gasteiger partial charge in [-0.3, -0.25) is 0 Å². The number of carboxylic acids is 1. The SMILES string of the molecule is CC(C)(C)OC(=O)N1CCC(OCC(=O)O)(c2ccc(Br)nc2)C1. The second-order valence-corrected chi connectivity index (χ2v) is 7.51. The summed E-state index contributed by atoms with van der Waals surface area (Å²) in [6.45, 7) is 5.59. The van der Waals surface area contributed by atoms with Crippen molar-refractivity contribution in [3.63, 3.8) is 0 Å². The number of ether oxygens (including phenoxy) is 2. The Labute approximate surface area is 149 Å². The molecule has 1 saturated heterocycles. The van der Waals surface area contributed by atoms with Crippen molar-refractivity contribution in [2.45, 2.75) is 38.4 Å². The van der Waals surface area contributed by atoms with Crippen LogP contribution in [0.5, 0.6) is 0 Å². The molecule has 0 aromatic carbocycles. The van der Waals surface area contributed by atoms with Gasteiger partial charge < -0.3 is 19.5 Å². The lowest BCUT2D eigenvalue weighted by Gasteiger charge is -2.30. The Morgan fingerprint density at radius 3 is 2.67 bits per heavy atom. The molecule has 1 unspecified atom stereocenters. The maximum Gasteiger partial charge on any atom is 0.410 e. The molecule has 1 aromatic heterocycles. The van der Waals surface area contributed by atoms with E-state index in [2.05, 4.69) is 20.9 Å². The van der Waals surface area contributed by atoms with E-state index in [-0.39, 0.29) is 6.54 Å². The molecule has 24 heavy (non-hydrogen) atoms. The first-order valence-corrected chi connectivity index (χ1v) is 8.36. The first kappa shape index (κ1) is 18.7. The van der Waals surface area contributed by atoms with E-state index in [1.165, 1.54) is 4.90 Å². The number of nitrogens with zero attached hydrogens (tertiary/aromatic N) is 2. The minimum Gasteiger partial charge on any atom is -0.480 e. The lowest BCUT2D eigenvalue weighted by atomic mass is 9.94. The molecule has 1 N–H and O–H groups in total. The van der Waals surface area contributed by atoms with Gasteiger partial charge in [0.1, 0.15) is 22.4 Å². The normalized spacial score (nSPS) is 20.9. The molecule has 0 aliphatic carbocycles. The van der Waals surface area contributed by atoms with Gasteiger partial charge in [-0.05, 0) is 42.8 Å². The third-order valence-electron chi connectivity index (χ3n) is 3.61. The molecule has 132 valence electrons. The Bertz CT molecular complexity index is 614. The highest BCUT2D eigenvalue weighted by molar-refractivity contribution is 9.10. The number of amides is 1. The van der Waals surface area contributed by atoms with Gasteiger partial charge in [-0.1, -0.05) is 6.07 Å². The smallest absolute Gasteiger partial charge is 0.410 e. The molecular weight excluding hydrogens is 380 g/mol. The molecule has 1 aromatic rings. The number of aromatic nitrogens is 1. The molecule has 0 saturated carbocycles. The molecule has 0 bridgehead atoms. The molecule has 0 spiro atoms. The van der Waals surface area contributed by atoms with Crippen molar-refractivity contribution in [3.8, 4) is 0 Å². The van der Waals surface area contributed by atoms with Gasteiger partial charge in [0.25, 0.3) is 0 Å². The molecule has 1 amide bonds. The number of likely N-dealkylation sites (tertiary alicyclic amines) is 1. The number of hydrogen-bond acceptors (Lipinski definition) is 5. The molecule has 7 nitrogen and oxygen atoms in total. The molecule has 2 rings (SSSR count). The van der Waals surface area contributed by atoms with Gasteiger partial charge in [-0.15, -0.1) is 0 Å². The highest BCUT2D eigenvalue weighted by Gasteiger charge is 2.44. The Balaban J connectivity index is 2.21. The zero-order valence-corrected chi connectivity index (χ0v) is 15.5. The van der Waals surface area contributed by atoms with Crippen LogP contribution in [0.3, 0.4) is 0 Å². The molecule has 1 fully saturated rings. The van der Waals surface area contributed by atoms with Crippen molar-refractivity contribution in [2.75, 3.05) is 19.7 Å². The number of hydrogen-bond donors (Lipinski definition) is 1. The molecule has 2 heterocycles. The second-order valence-electron chi connectivity index (χ2n) is 6.70. The summed E-state index contributed by atoms with van der Waals surface area (Å²) >= 11 is 3.27. The number of halogens is 1. The maximum absolute atomic E-state index is 12.3. The maximum atomic E-state index is 12.3. The Kier molecular flexibility index (Phi) is 5.49. The zero-order chi connectivity index (χ0) is 18.0. The third-order valence-corrected chi connectivity index (χ3v) is 4.08. The summed E-state index contributed by atoms with van der Waals surface area (Å²) < 4.78 is 11.7. The molecule has 0 radical (unpaired) electrons. The van der Waals surface area contributed by atoms with Crippen LogP contribution in [-0.2, 0) is 19.9 Å². The predicted molar refractivity (Wildman–Crippen MR) is 89.6 cm³/mol. The van der Waals surface area contributed by atoms with E-state index >= 15 is 0 Å². The monoisotopic (exact) mass is 400 g/mol. The lowest BCUT2D eigenvalue weighted by Crippen LogP contribution is -2.40. The molecular formula is C16H21BrN2O5. The number of aliphatic carboxylic acids is 1. The van der Waals surface area contributed by atoms with E-state index in [1.54, 1.807) is 33.0 Å². The Morgan fingerprint density at radius 1 is 1.42 bits per heavy atom. The zero-order valence-electron chi connectivity index (χ0n) is 13.9. The van der Waals surface area contributed by atoms with E-state index < -0.39 is 29.9 Å². The summed E-state index contributed by atoms with van der Waals surface area (Å²) in [6, 6.07) is 3.58. The van der Waals surface area contributed by atoms with Crippen LogP contribution in [0.15, 0.2) is 22.9 Å². The van der Waals surface area contributed by atoms with Crippen molar-refractivity contribution in [1.82, 2.24) is 9.88 Å². The van der Waals surface area contributed by atoms with Crippen LogP contribution >= 0.6 is 15.9 Å². The highest BCUT2D eigenvalue weighted by atomic mass is 79.9. The van der Waals surface area contributed by atoms with E-state index in [0.29, 0.717) is 17.6 Å². The van der Waals surface area contributed by atoms with Crippen LogP contribution in [0.4, 0.5) is 4.79 Å². The summed E-state index contributed by atoms with van der Waals surface area (Å²) in [5, 5.41) is 8.95. The largest absolute Gasteiger partial charge is 0.480 e. The van der Waals surface area contributed by atoms with Gasteiger partial charge in [0, 0.05) is 24.7 Å². The average Bonchev–Trinajstić information content (AvgIpc) is 2.90. The van der Waals surface area contributed by atoms with Crippen LogP contribution in [0, 0.1) is 0 Å². The van der Waals surface area contributed by atoms with Crippen LogP contribution in [0.2, 0.25) is 0 Å². The minimum atomic E-state index is -1.06. The topological polar surface area (TPSA) is 89.0 Å². The standard InChI is InChI=1S/C16H21BrN2O5/c1-15(2,3)24-14(22)19-7-6-16(10-19,23-9-13(20)21)11-4-5-12(17)18-8-11/h4-5,8H,6-7,9-10H2,1-3H3,(H,20,21). The molecule has 1 aliphatic rings. The van der Waals surface area contributed by atoms with Gasteiger partial charge >= 0.3 is 12.1 Å². The number of carbonyl (C=O) groups is 2. The first-order chi connectivity index (χ1) is 11.1. The number of carboxylic acid groups (broad SMARTS) is 1. The Hall–Kier alpha value is -1.67. The van der Waals surface area contributed by atoms with Crippen molar-refractivity contribution >= 4 is 28.0 Å². The van der Waals surface area contributed by atoms with Crippen LogP contribution < -0.4 is 0 Å². The lowest BCUT2D eigenvalue weighted by molar-refractivity contribution is -0.149. The number of carbonyl (C=O) groups excluding carboxylic acids is 1. The van der Waals surface area contributed by atoms with E-state index in [1.807, 2.05) is 6.07 Å². The van der Waals surface area contributed by atoms with Crippen LogP contribution in [0.25, 0.3) is 0 Å². The van der Waals surface area contributed by atoms with E-state index in [4.69, 9.17) is 14.6 Å². The summed E-state index contributed by atoms with van der Waals surface area (Å²) in [7, 11) is 0. The van der Waals surface area contributed by atoms with Gasteiger partial charge in [-0.2, -0.15) is 0 Å². The third kappa shape index (κ3) is 4.67. The fraction of sp³-hybridized carbons (Fsp3) is 0.562. The number of rotatable bonds is 4. The van der Waals surface area contributed by atoms with E-state index in [9.17, 15) is 9.59 Å². The molecule has 1 aliphatic heterocycles. The van der Waals surface area contributed by atoms with Gasteiger partial charge in [-0.25, -0.2) is 14.6 Å². The van der Waals surface area contributed by atoms with Crippen molar-refractivity contribution in [3.05, 3.63) is 28.5 Å². The molecule has 1 atom stereocenters. The first-order valence-electron chi connectivity index (χ1n) is 7.57. The van der Waals surface area contributed by atoms with Crippen molar-refractivity contribution in [1.29, 1.82) is 0 Å². The van der Waals surface area contributed by atoms with Crippen molar-refractivity contribution in [2.24, 2.45) is 0 Å². The molecule has 8 heteroatoms. The summed E-state index contributed by atoms with van der Waals surface area (Å²) in [6.07, 6.45) is 1.67. The van der Waals surface area contributed by atoms with E-state index in [0.717, 1.165) is 5.56 Å². The fourth-order valence-electron chi connectivity index (χ4n) is 2.55. The van der Waals surface area contributed by atoms with Gasteiger partial charge in [0.2, 0.25) is 0 Å². The van der Waals surface area contributed by atoms with Crippen molar-refractivity contribution < 1.29 is 24.2 Å². The van der Waals surface area contributed by atoms with Crippen LogP contribution in [-0.4, -0.2) is 52.4 Å². The summed E-state index contributed by atoms with van der Waals surface area (Å²) in [5.41, 5.74) is -0.759. The minimum absolute atomic E-state index is 0.221. The van der Waals surface area contributed by atoms with Gasteiger partial charge in [0.15, 0.2) is 0 Å². The predicted octanol–water partition coefficient (Wildman–Crippen LogP) is 2.78. The summed E-state index contributed by atoms with van der Waals surface area (Å²) in [4.78, 5) is 28.9. The quantitative estimate of drug-likeness (QED) is 0.781. The highest BCUT2D eigenvalue weighted by Crippen LogP contribution is 2.36. The van der Waals surface area contributed by atoms with Gasteiger partial charge in [0.05, 0.1) is 6.54 Å². The fourth-order valence-corrected chi connectivity index (χ4v) is 2.78. The summed E-state index contributed by atoms with van der Waals surface area (Å²) in [5.74, 6) is -1.06.